The van der Waals surface area contributed by atoms with Crippen LogP contribution in [0.15, 0.2) is 22.7 Å². The maximum absolute atomic E-state index is 13.0. The highest BCUT2D eigenvalue weighted by molar-refractivity contribution is 6.07. The highest BCUT2D eigenvalue weighted by Gasteiger charge is 2.49. The number of nitrogens with one attached hydrogen (secondary N) is 1. The molecule has 1 fully saturated rings. The van der Waals surface area contributed by atoms with E-state index in [1.165, 1.54) is 11.1 Å². The lowest BCUT2D eigenvalue weighted by Gasteiger charge is -2.22. The van der Waals surface area contributed by atoms with E-state index in [0.717, 1.165) is 36.1 Å². The molecule has 1 aliphatic carbocycles. The fraction of sp³-hybridized carbons (Fsp3) is 0.474. The van der Waals surface area contributed by atoms with E-state index in [1.54, 1.807) is 6.92 Å². The molecule has 2 heterocycles. The molecule has 1 aromatic carbocycles. The molecular formula is C19H22N4O3. The van der Waals surface area contributed by atoms with Crippen molar-refractivity contribution < 1.29 is 14.1 Å². The second kappa shape index (κ2) is 6.23. The summed E-state index contributed by atoms with van der Waals surface area (Å²) in [5, 5.41) is 6.71. The molecule has 4 rings (SSSR count). The maximum Gasteiger partial charge on any atom is 0.325 e. The van der Waals surface area contributed by atoms with E-state index in [2.05, 4.69) is 27.6 Å². The first-order valence-corrected chi connectivity index (χ1v) is 9.09. The van der Waals surface area contributed by atoms with E-state index in [-0.39, 0.29) is 18.3 Å². The minimum atomic E-state index is -1.07. The van der Waals surface area contributed by atoms with Gasteiger partial charge in [0.15, 0.2) is 5.82 Å². The number of nitrogens with zero attached hydrogens (tertiary/aromatic N) is 3. The summed E-state index contributed by atoms with van der Waals surface area (Å²) in [6.45, 7) is 3.76. The molecule has 136 valence electrons. The lowest BCUT2D eigenvalue weighted by Crippen LogP contribution is -2.41. The number of hydrogen-bond acceptors (Lipinski definition) is 5. The van der Waals surface area contributed by atoms with Crippen molar-refractivity contribution in [1.82, 2.24) is 20.4 Å². The number of aromatic nitrogens is 2. The smallest absolute Gasteiger partial charge is 0.325 e. The Morgan fingerprint density at radius 1 is 1.27 bits per heavy atom. The summed E-state index contributed by atoms with van der Waals surface area (Å²) < 4.78 is 5.18. The number of urea groups is 1. The molecule has 2 aliphatic rings. The van der Waals surface area contributed by atoms with Gasteiger partial charge in [0, 0.05) is 6.42 Å². The molecule has 26 heavy (non-hydrogen) atoms. The summed E-state index contributed by atoms with van der Waals surface area (Å²) in [7, 11) is 0. The quantitative estimate of drug-likeness (QED) is 0.834. The zero-order chi connectivity index (χ0) is 18.3. The predicted molar refractivity (Wildman–Crippen MR) is 93.2 cm³/mol. The molecule has 1 N–H and O–H groups in total. The highest BCUT2D eigenvalue weighted by Crippen LogP contribution is 2.33. The van der Waals surface area contributed by atoms with Gasteiger partial charge in [0.1, 0.15) is 12.1 Å². The van der Waals surface area contributed by atoms with Crippen molar-refractivity contribution in [3.63, 3.8) is 0 Å². The second-order valence-electron chi connectivity index (χ2n) is 7.14. The van der Waals surface area contributed by atoms with Crippen molar-refractivity contribution in [3.05, 3.63) is 46.6 Å². The Balaban J connectivity index is 1.57. The molecule has 3 amide bonds. The van der Waals surface area contributed by atoms with Crippen molar-refractivity contribution >= 4 is 11.9 Å². The third kappa shape index (κ3) is 2.67. The second-order valence-corrected chi connectivity index (χ2v) is 7.14. The summed E-state index contributed by atoms with van der Waals surface area (Å²) in [6, 6.07) is 5.63. The zero-order valence-corrected chi connectivity index (χ0v) is 15.0. The average Bonchev–Trinajstić information content (AvgIpc) is 3.31. The molecular weight excluding hydrogens is 332 g/mol. The van der Waals surface area contributed by atoms with Gasteiger partial charge in [-0.25, -0.2) is 4.79 Å². The molecule has 1 atom stereocenters. The van der Waals surface area contributed by atoms with Crippen LogP contribution in [0.5, 0.6) is 0 Å². The van der Waals surface area contributed by atoms with Gasteiger partial charge in [0.2, 0.25) is 5.89 Å². The molecule has 7 heteroatoms. The molecule has 1 unspecified atom stereocenters. The first kappa shape index (κ1) is 16.8. The van der Waals surface area contributed by atoms with E-state index >= 15 is 0 Å². The third-order valence-corrected chi connectivity index (χ3v) is 5.23. The van der Waals surface area contributed by atoms with Crippen LogP contribution in [0.2, 0.25) is 0 Å². The van der Waals surface area contributed by atoms with Crippen LogP contribution in [0, 0.1) is 0 Å². The van der Waals surface area contributed by atoms with Crippen molar-refractivity contribution in [3.8, 4) is 0 Å². The van der Waals surface area contributed by atoms with Gasteiger partial charge >= 0.3 is 6.03 Å². The van der Waals surface area contributed by atoms with Crippen LogP contribution in [0.25, 0.3) is 0 Å². The molecule has 1 saturated heterocycles. The van der Waals surface area contributed by atoms with Crippen molar-refractivity contribution in [2.24, 2.45) is 0 Å². The number of rotatable bonds is 5. The van der Waals surface area contributed by atoms with Crippen LogP contribution < -0.4 is 5.32 Å². The molecule has 1 aromatic heterocycles. The van der Waals surface area contributed by atoms with E-state index in [4.69, 9.17) is 4.52 Å². The standard InChI is InChI=1S/C19H22N4O3/c1-3-5-15-20-16(26-22-15)11-23-17(24)19(2,21-18(23)25)14-9-8-12-6-4-7-13(12)10-14/h8-10H,3-7,11H2,1-2H3,(H,21,25). The van der Waals surface area contributed by atoms with Crippen LogP contribution in [-0.4, -0.2) is 27.0 Å². The molecule has 0 saturated carbocycles. The van der Waals surface area contributed by atoms with Crippen molar-refractivity contribution in [2.45, 2.75) is 58.0 Å². The van der Waals surface area contributed by atoms with Crippen LogP contribution in [0.3, 0.4) is 0 Å². The third-order valence-electron chi connectivity index (χ3n) is 5.23. The summed E-state index contributed by atoms with van der Waals surface area (Å²) in [5.41, 5.74) is 2.35. The van der Waals surface area contributed by atoms with Crippen molar-refractivity contribution in [2.75, 3.05) is 0 Å². The normalized spacial score (nSPS) is 22.0. The molecule has 2 aromatic rings. The zero-order valence-electron chi connectivity index (χ0n) is 15.0. The number of imide groups is 1. The summed E-state index contributed by atoms with van der Waals surface area (Å²) in [5.74, 6) is 0.571. The van der Waals surface area contributed by atoms with Crippen LogP contribution >= 0.6 is 0 Å². The largest absolute Gasteiger partial charge is 0.337 e. The number of carbonyl (C=O) groups excluding carboxylic acids is 2. The van der Waals surface area contributed by atoms with E-state index in [0.29, 0.717) is 12.2 Å². The molecule has 0 radical (unpaired) electrons. The number of fused-ring (bicyclic) bond motifs is 1. The lowest BCUT2D eigenvalue weighted by atomic mass is 9.90. The van der Waals surface area contributed by atoms with Gasteiger partial charge in [-0.3, -0.25) is 9.69 Å². The monoisotopic (exact) mass is 354 g/mol. The fourth-order valence-corrected chi connectivity index (χ4v) is 3.73. The van der Waals surface area contributed by atoms with Gasteiger partial charge in [-0.2, -0.15) is 4.98 Å². The number of hydrogen-bond donors (Lipinski definition) is 1. The Kier molecular flexibility index (Phi) is 4.01. The Morgan fingerprint density at radius 2 is 2.08 bits per heavy atom. The van der Waals surface area contributed by atoms with Crippen LogP contribution in [-0.2, 0) is 36.1 Å². The van der Waals surface area contributed by atoms with Gasteiger partial charge in [0.25, 0.3) is 5.91 Å². The first-order valence-electron chi connectivity index (χ1n) is 9.09. The molecule has 0 bridgehead atoms. The highest BCUT2D eigenvalue weighted by atomic mass is 16.5. The Hall–Kier alpha value is -2.70. The summed E-state index contributed by atoms with van der Waals surface area (Å²) in [6.07, 6.45) is 4.84. The van der Waals surface area contributed by atoms with Gasteiger partial charge in [-0.15, -0.1) is 0 Å². The Bertz CT molecular complexity index is 875. The summed E-state index contributed by atoms with van der Waals surface area (Å²) >= 11 is 0. The van der Waals surface area contributed by atoms with Crippen LogP contribution in [0.1, 0.15) is 55.1 Å². The summed E-state index contributed by atoms with van der Waals surface area (Å²) in [4.78, 5) is 30.9. The average molecular weight is 354 g/mol. The SMILES string of the molecule is CCCc1noc(CN2C(=O)NC(C)(c3ccc4c(c3)CCC4)C2=O)n1. The van der Waals surface area contributed by atoms with Gasteiger partial charge in [0.05, 0.1) is 0 Å². The topological polar surface area (TPSA) is 88.3 Å². The number of amides is 3. The molecule has 0 spiro atoms. The minimum absolute atomic E-state index is 0.0120. The predicted octanol–water partition coefficient (Wildman–Crippen LogP) is 2.48. The maximum atomic E-state index is 13.0. The lowest BCUT2D eigenvalue weighted by molar-refractivity contribution is -0.131. The van der Waals surface area contributed by atoms with Crippen molar-refractivity contribution in [1.29, 1.82) is 0 Å². The van der Waals surface area contributed by atoms with Gasteiger partial charge in [-0.1, -0.05) is 30.3 Å². The Morgan fingerprint density at radius 3 is 2.88 bits per heavy atom. The molecule has 1 aliphatic heterocycles. The van der Waals surface area contributed by atoms with E-state index < -0.39 is 11.6 Å². The molecule has 7 nitrogen and oxygen atoms in total. The van der Waals surface area contributed by atoms with Crippen LogP contribution in [0.4, 0.5) is 4.79 Å². The fourth-order valence-electron chi connectivity index (χ4n) is 3.73. The van der Waals surface area contributed by atoms with E-state index in [1.807, 2.05) is 13.0 Å². The number of aryl methyl sites for hydroxylation is 3. The Labute approximate surface area is 151 Å². The van der Waals surface area contributed by atoms with Gasteiger partial charge in [-0.05, 0) is 49.3 Å². The minimum Gasteiger partial charge on any atom is -0.337 e. The number of carbonyl (C=O) groups is 2. The van der Waals surface area contributed by atoms with E-state index in [9.17, 15) is 9.59 Å². The number of benzene rings is 1. The first-order chi connectivity index (χ1) is 12.5. The van der Waals surface area contributed by atoms with Gasteiger partial charge < -0.3 is 9.84 Å².